The highest BCUT2D eigenvalue weighted by molar-refractivity contribution is 5.92. The molecule has 0 aliphatic carbocycles. The largest absolute Gasteiger partial charge is 0.438 e. The summed E-state index contributed by atoms with van der Waals surface area (Å²) in [6, 6.07) is 13.9. The zero-order chi connectivity index (χ0) is 24.0. The number of nitrogens with one attached hydrogen (secondary N) is 2. The van der Waals surface area contributed by atoms with Gasteiger partial charge in [0.05, 0.1) is 13.2 Å². The second-order valence-corrected chi connectivity index (χ2v) is 8.35. The summed E-state index contributed by atoms with van der Waals surface area (Å²) in [6.07, 6.45) is -1.33. The van der Waals surface area contributed by atoms with Gasteiger partial charge in [-0.05, 0) is 35.7 Å². The lowest BCUT2D eigenvalue weighted by atomic mass is 9.99. The molecule has 2 N–H and O–H groups in total. The van der Waals surface area contributed by atoms with E-state index in [0.29, 0.717) is 24.4 Å². The van der Waals surface area contributed by atoms with Crippen molar-refractivity contribution in [1.82, 2.24) is 10.2 Å². The Morgan fingerprint density at radius 3 is 2.45 bits per heavy atom. The van der Waals surface area contributed by atoms with Crippen molar-refractivity contribution in [2.24, 2.45) is 5.92 Å². The van der Waals surface area contributed by atoms with Gasteiger partial charge in [-0.25, -0.2) is 4.79 Å². The third kappa shape index (κ3) is 5.90. The van der Waals surface area contributed by atoms with E-state index in [0.717, 1.165) is 11.1 Å². The van der Waals surface area contributed by atoms with Gasteiger partial charge < -0.3 is 20.1 Å². The Labute approximate surface area is 194 Å². The maximum Gasteiger partial charge on any atom is 0.411 e. The van der Waals surface area contributed by atoms with Gasteiger partial charge >= 0.3 is 6.09 Å². The standard InChI is InChI=1S/C25H31N3O5/c1-16(2)23(29)27-20-11-9-18(10-12-20)22-21(24(30)26-13-14-32-4)28(25(31)33-22)15-19-8-6-5-7-17(19)3/h5-12,16,21-22H,13-15H2,1-4H3,(H,26,30)(H,27,29). The van der Waals surface area contributed by atoms with E-state index in [1.54, 1.807) is 31.4 Å². The SMILES string of the molecule is COCCNC(=O)C1C(c2ccc(NC(=O)C(C)C)cc2)OC(=O)N1Cc1ccccc1C. The van der Waals surface area contributed by atoms with Crippen LogP contribution in [0.2, 0.25) is 0 Å². The second kappa shape index (κ2) is 11.0. The highest BCUT2D eigenvalue weighted by Crippen LogP contribution is 2.34. The van der Waals surface area contributed by atoms with Crippen LogP contribution in [0, 0.1) is 12.8 Å². The molecular formula is C25H31N3O5. The van der Waals surface area contributed by atoms with Gasteiger partial charge in [-0.3, -0.25) is 14.5 Å². The van der Waals surface area contributed by atoms with Crippen LogP contribution < -0.4 is 10.6 Å². The average molecular weight is 454 g/mol. The van der Waals surface area contributed by atoms with Crippen LogP contribution in [0.1, 0.15) is 36.6 Å². The van der Waals surface area contributed by atoms with Gasteiger partial charge in [-0.15, -0.1) is 0 Å². The fourth-order valence-corrected chi connectivity index (χ4v) is 3.60. The van der Waals surface area contributed by atoms with Crippen LogP contribution in [0.4, 0.5) is 10.5 Å². The molecule has 2 unspecified atom stereocenters. The minimum absolute atomic E-state index is 0.0881. The molecule has 0 spiro atoms. The molecule has 0 aromatic heterocycles. The van der Waals surface area contributed by atoms with Crippen molar-refractivity contribution in [2.45, 2.75) is 39.5 Å². The molecule has 1 saturated heterocycles. The van der Waals surface area contributed by atoms with Crippen LogP contribution in [0.15, 0.2) is 48.5 Å². The lowest BCUT2D eigenvalue weighted by molar-refractivity contribution is -0.126. The van der Waals surface area contributed by atoms with E-state index in [2.05, 4.69) is 10.6 Å². The first-order chi connectivity index (χ1) is 15.8. The van der Waals surface area contributed by atoms with Crippen LogP contribution in [0.5, 0.6) is 0 Å². The topological polar surface area (TPSA) is 97.0 Å². The molecule has 8 nitrogen and oxygen atoms in total. The quantitative estimate of drug-likeness (QED) is 0.567. The molecule has 0 bridgehead atoms. The van der Waals surface area contributed by atoms with Crippen LogP contribution in [-0.4, -0.2) is 49.1 Å². The zero-order valence-electron chi connectivity index (χ0n) is 19.5. The second-order valence-electron chi connectivity index (χ2n) is 8.35. The predicted octanol–water partition coefficient (Wildman–Crippen LogP) is 3.41. The molecule has 2 aromatic carbocycles. The number of rotatable bonds is 9. The fourth-order valence-electron chi connectivity index (χ4n) is 3.60. The molecule has 2 atom stereocenters. The van der Waals surface area contributed by atoms with E-state index in [9.17, 15) is 14.4 Å². The number of carbonyl (C=O) groups excluding carboxylic acids is 3. The van der Waals surface area contributed by atoms with Crippen molar-refractivity contribution in [3.05, 3.63) is 65.2 Å². The number of ether oxygens (including phenoxy) is 2. The maximum absolute atomic E-state index is 13.1. The van der Waals surface area contributed by atoms with E-state index >= 15 is 0 Å². The summed E-state index contributed by atoms with van der Waals surface area (Å²) >= 11 is 0. The Hall–Kier alpha value is -3.39. The van der Waals surface area contributed by atoms with E-state index in [4.69, 9.17) is 9.47 Å². The van der Waals surface area contributed by atoms with Gasteiger partial charge in [0.25, 0.3) is 0 Å². The summed E-state index contributed by atoms with van der Waals surface area (Å²) < 4.78 is 10.7. The molecule has 8 heteroatoms. The zero-order valence-corrected chi connectivity index (χ0v) is 19.5. The molecule has 1 aliphatic rings. The van der Waals surface area contributed by atoms with Crippen molar-refractivity contribution in [3.63, 3.8) is 0 Å². The number of nitrogens with zero attached hydrogens (tertiary/aromatic N) is 1. The monoisotopic (exact) mass is 453 g/mol. The minimum atomic E-state index is -0.843. The minimum Gasteiger partial charge on any atom is -0.438 e. The van der Waals surface area contributed by atoms with E-state index < -0.39 is 18.2 Å². The smallest absolute Gasteiger partial charge is 0.411 e. The lowest BCUT2D eigenvalue weighted by Gasteiger charge is -2.24. The molecule has 0 radical (unpaired) electrons. The van der Waals surface area contributed by atoms with E-state index in [1.165, 1.54) is 4.90 Å². The summed E-state index contributed by atoms with van der Waals surface area (Å²) in [6.45, 7) is 6.54. The van der Waals surface area contributed by atoms with E-state index in [-0.39, 0.29) is 24.3 Å². The number of cyclic esters (lactones) is 1. The third-order valence-electron chi connectivity index (χ3n) is 5.59. The van der Waals surface area contributed by atoms with Gasteiger partial charge in [-0.1, -0.05) is 50.2 Å². The highest BCUT2D eigenvalue weighted by Gasteiger charge is 2.47. The fraction of sp³-hybridized carbons (Fsp3) is 0.400. The van der Waals surface area contributed by atoms with Gasteiger partial charge in [0.15, 0.2) is 12.1 Å². The van der Waals surface area contributed by atoms with Crippen LogP contribution in [0.25, 0.3) is 0 Å². The first-order valence-electron chi connectivity index (χ1n) is 11.0. The first kappa shape index (κ1) is 24.3. The number of methoxy groups -OCH3 is 1. The van der Waals surface area contributed by atoms with Crippen molar-refractivity contribution < 1.29 is 23.9 Å². The van der Waals surface area contributed by atoms with Crippen molar-refractivity contribution in [2.75, 3.05) is 25.6 Å². The molecule has 1 fully saturated rings. The Bertz CT molecular complexity index is 990. The number of carbonyl (C=O) groups is 3. The van der Waals surface area contributed by atoms with Gasteiger partial charge in [0.1, 0.15) is 0 Å². The van der Waals surface area contributed by atoms with Crippen LogP contribution >= 0.6 is 0 Å². The molecule has 1 heterocycles. The summed E-state index contributed by atoms with van der Waals surface area (Å²) in [5, 5.41) is 5.66. The van der Waals surface area contributed by atoms with Gasteiger partial charge in [-0.2, -0.15) is 0 Å². The van der Waals surface area contributed by atoms with Crippen LogP contribution in [-0.2, 0) is 25.6 Å². The molecular weight excluding hydrogens is 422 g/mol. The first-order valence-corrected chi connectivity index (χ1v) is 11.0. The summed E-state index contributed by atoms with van der Waals surface area (Å²) in [7, 11) is 1.56. The number of benzene rings is 2. The number of amides is 3. The van der Waals surface area contributed by atoms with Crippen molar-refractivity contribution in [1.29, 1.82) is 0 Å². The lowest BCUT2D eigenvalue weighted by Crippen LogP contribution is -2.47. The normalized spacial score (nSPS) is 17.7. The predicted molar refractivity (Wildman–Crippen MR) is 125 cm³/mol. The number of anilines is 1. The van der Waals surface area contributed by atoms with E-state index in [1.807, 2.05) is 45.0 Å². The number of aryl methyl sites for hydroxylation is 1. The summed E-state index contributed by atoms with van der Waals surface area (Å²) in [5.41, 5.74) is 3.28. The van der Waals surface area contributed by atoms with Crippen LogP contribution in [0.3, 0.4) is 0 Å². The number of hydrogen-bond acceptors (Lipinski definition) is 5. The average Bonchev–Trinajstić information content (AvgIpc) is 3.12. The molecule has 3 rings (SSSR count). The molecule has 0 saturated carbocycles. The Kier molecular flexibility index (Phi) is 8.06. The Balaban J connectivity index is 1.85. The van der Waals surface area contributed by atoms with Gasteiger partial charge in [0, 0.05) is 25.3 Å². The third-order valence-corrected chi connectivity index (χ3v) is 5.59. The molecule has 3 amide bonds. The molecule has 33 heavy (non-hydrogen) atoms. The Morgan fingerprint density at radius 2 is 1.82 bits per heavy atom. The maximum atomic E-state index is 13.1. The summed E-state index contributed by atoms with van der Waals surface area (Å²) in [5.74, 6) is -0.542. The van der Waals surface area contributed by atoms with Gasteiger partial charge in [0.2, 0.25) is 11.8 Å². The number of hydrogen-bond donors (Lipinski definition) is 2. The molecule has 176 valence electrons. The molecule has 1 aliphatic heterocycles. The van der Waals surface area contributed by atoms with Crippen molar-refractivity contribution >= 4 is 23.6 Å². The summed E-state index contributed by atoms with van der Waals surface area (Å²) in [4.78, 5) is 39.4. The Morgan fingerprint density at radius 1 is 1.12 bits per heavy atom. The van der Waals surface area contributed by atoms with Crippen molar-refractivity contribution in [3.8, 4) is 0 Å². The highest BCUT2D eigenvalue weighted by atomic mass is 16.6. The molecule has 2 aromatic rings.